The van der Waals surface area contributed by atoms with E-state index in [1.54, 1.807) is 12.3 Å². The van der Waals surface area contributed by atoms with Crippen molar-refractivity contribution in [1.29, 1.82) is 0 Å². The monoisotopic (exact) mass is 359 g/mol. The number of hydrogen-bond acceptors (Lipinski definition) is 3. The van der Waals surface area contributed by atoms with Crippen LogP contribution in [0, 0.1) is 0 Å². The summed E-state index contributed by atoms with van der Waals surface area (Å²) in [5.74, 6) is -1.59. The van der Waals surface area contributed by atoms with E-state index in [0.717, 1.165) is 27.4 Å². The van der Waals surface area contributed by atoms with Crippen LogP contribution in [0.1, 0.15) is 16.1 Å². The maximum Gasteiger partial charge on any atom is 0.326 e. The van der Waals surface area contributed by atoms with Crippen LogP contribution >= 0.6 is 0 Å². The molecule has 3 N–H and O–H groups in total. The zero-order valence-corrected chi connectivity index (χ0v) is 14.3. The van der Waals surface area contributed by atoms with Crippen molar-refractivity contribution in [2.24, 2.45) is 0 Å². The van der Waals surface area contributed by atoms with Crippen molar-refractivity contribution in [3.8, 4) is 0 Å². The predicted molar refractivity (Wildman–Crippen MR) is 103 cm³/mol. The molecule has 0 bridgehead atoms. The highest BCUT2D eigenvalue weighted by molar-refractivity contribution is 6.09. The fourth-order valence-electron chi connectivity index (χ4n) is 3.16. The van der Waals surface area contributed by atoms with Crippen molar-refractivity contribution in [2.45, 2.75) is 12.5 Å². The van der Waals surface area contributed by atoms with Gasteiger partial charge >= 0.3 is 5.97 Å². The van der Waals surface area contributed by atoms with Crippen LogP contribution in [0.4, 0.5) is 0 Å². The van der Waals surface area contributed by atoms with Gasteiger partial charge in [0.15, 0.2) is 0 Å². The van der Waals surface area contributed by atoms with Crippen LogP contribution in [0.25, 0.3) is 21.8 Å². The number of aromatic amines is 1. The molecule has 4 aromatic rings. The SMILES string of the molecule is O=C(NC(Cc1ccccc1)C(=O)O)c1cc2c(cn1)[nH]c1ccccc12. The van der Waals surface area contributed by atoms with E-state index in [0.29, 0.717) is 0 Å². The molecule has 0 radical (unpaired) electrons. The van der Waals surface area contributed by atoms with E-state index in [9.17, 15) is 14.7 Å². The van der Waals surface area contributed by atoms with Crippen molar-refractivity contribution in [2.75, 3.05) is 0 Å². The lowest BCUT2D eigenvalue weighted by Gasteiger charge is -2.14. The highest BCUT2D eigenvalue weighted by atomic mass is 16.4. The van der Waals surface area contributed by atoms with E-state index < -0.39 is 17.9 Å². The normalized spacial score (nSPS) is 12.1. The Bertz CT molecular complexity index is 1140. The number of nitrogens with zero attached hydrogens (tertiary/aromatic N) is 1. The first-order chi connectivity index (χ1) is 13.1. The molecule has 1 atom stereocenters. The van der Waals surface area contributed by atoms with Gasteiger partial charge in [0.05, 0.1) is 11.7 Å². The van der Waals surface area contributed by atoms with E-state index >= 15 is 0 Å². The van der Waals surface area contributed by atoms with Gasteiger partial charge in [-0.25, -0.2) is 9.78 Å². The minimum Gasteiger partial charge on any atom is -0.480 e. The third-order valence-corrected chi connectivity index (χ3v) is 4.51. The highest BCUT2D eigenvalue weighted by Crippen LogP contribution is 2.25. The number of pyridine rings is 1. The van der Waals surface area contributed by atoms with Gasteiger partial charge in [0.2, 0.25) is 0 Å². The first-order valence-electron chi connectivity index (χ1n) is 8.56. The van der Waals surface area contributed by atoms with Gasteiger partial charge in [-0.3, -0.25) is 4.79 Å². The van der Waals surface area contributed by atoms with E-state index in [2.05, 4.69) is 15.3 Å². The summed E-state index contributed by atoms with van der Waals surface area (Å²) >= 11 is 0. The topological polar surface area (TPSA) is 95.1 Å². The second-order valence-electron chi connectivity index (χ2n) is 6.34. The van der Waals surface area contributed by atoms with E-state index in [1.165, 1.54) is 0 Å². The summed E-state index contributed by atoms with van der Waals surface area (Å²) < 4.78 is 0. The molecular weight excluding hydrogens is 342 g/mol. The highest BCUT2D eigenvalue weighted by Gasteiger charge is 2.22. The molecule has 2 aromatic heterocycles. The molecule has 0 aliphatic rings. The number of fused-ring (bicyclic) bond motifs is 3. The van der Waals surface area contributed by atoms with Gasteiger partial charge in [-0.2, -0.15) is 0 Å². The van der Waals surface area contributed by atoms with Gasteiger partial charge in [-0.15, -0.1) is 0 Å². The first kappa shape index (κ1) is 16.8. The van der Waals surface area contributed by atoms with E-state index in [-0.39, 0.29) is 12.1 Å². The molecule has 0 fully saturated rings. The Morgan fingerprint density at radius 3 is 2.52 bits per heavy atom. The van der Waals surface area contributed by atoms with Gasteiger partial charge in [0.1, 0.15) is 11.7 Å². The van der Waals surface area contributed by atoms with Crippen LogP contribution in [0.2, 0.25) is 0 Å². The molecule has 2 heterocycles. The average molecular weight is 359 g/mol. The number of amides is 1. The summed E-state index contributed by atoms with van der Waals surface area (Å²) in [5.41, 5.74) is 2.81. The van der Waals surface area contributed by atoms with E-state index in [1.807, 2.05) is 54.6 Å². The number of aliphatic carboxylic acids is 1. The summed E-state index contributed by atoms with van der Waals surface area (Å²) in [6.07, 6.45) is 1.80. The molecule has 1 amide bonds. The Labute approximate surface area is 154 Å². The molecule has 6 nitrogen and oxygen atoms in total. The molecule has 4 rings (SSSR count). The predicted octanol–water partition coefficient (Wildman–Crippen LogP) is 3.14. The van der Waals surface area contributed by atoms with Crippen LogP contribution in [-0.2, 0) is 11.2 Å². The number of nitrogens with one attached hydrogen (secondary N) is 2. The Morgan fingerprint density at radius 1 is 1.00 bits per heavy atom. The maximum absolute atomic E-state index is 12.6. The minimum atomic E-state index is -1.08. The van der Waals surface area contributed by atoms with Crippen molar-refractivity contribution in [1.82, 2.24) is 15.3 Å². The molecule has 6 heteroatoms. The summed E-state index contributed by atoms with van der Waals surface area (Å²) in [5, 5.41) is 13.9. The number of carbonyl (C=O) groups is 2. The van der Waals surface area contributed by atoms with Crippen LogP contribution in [0.3, 0.4) is 0 Å². The molecular formula is C21H17N3O3. The summed E-state index contributed by atoms with van der Waals surface area (Å²) in [7, 11) is 0. The molecule has 0 saturated carbocycles. The number of rotatable bonds is 5. The van der Waals surface area contributed by atoms with Gasteiger partial charge < -0.3 is 15.4 Å². The molecule has 0 aliphatic carbocycles. The lowest BCUT2D eigenvalue weighted by atomic mass is 10.1. The zero-order valence-electron chi connectivity index (χ0n) is 14.3. The fourth-order valence-corrected chi connectivity index (χ4v) is 3.16. The third kappa shape index (κ3) is 3.37. The number of carboxylic acids is 1. The smallest absolute Gasteiger partial charge is 0.326 e. The Morgan fingerprint density at radius 2 is 1.74 bits per heavy atom. The number of H-pyrrole nitrogens is 1. The number of benzene rings is 2. The number of hydrogen-bond donors (Lipinski definition) is 3. The first-order valence-corrected chi connectivity index (χ1v) is 8.56. The van der Waals surface area contributed by atoms with Crippen molar-refractivity contribution in [3.05, 3.63) is 78.1 Å². The number of carboxylic acid groups (broad SMARTS) is 1. The van der Waals surface area contributed by atoms with Crippen molar-refractivity contribution >= 4 is 33.7 Å². The van der Waals surface area contributed by atoms with Crippen LogP contribution in [-0.4, -0.2) is 33.0 Å². The lowest BCUT2D eigenvalue weighted by Crippen LogP contribution is -2.42. The van der Waals surface area contributed by atoms with E-state index in [4.69, 9.17) is 0 Å². The summed E-state index contributed by atoms with van der Waals surface area (Å²) in [6.45, 7) is 0. The molecule has 0 aliphatic heterocycles. The fraction of sp³-hybridized carbons (Fsp3) is 0.0952. The largest absolute Gasteiger partial charge is 0.480 e. The van der Waals surface area contributed by atoms with Crippen LogP contribution in [0.15, 0.2) is 66.9 Å². The Kier molecular flexibility index (Phi) is 4.30. The number of aromatic nitrogens is 2. The molecule has 0 spiro atoms. The second kappa shape index (κ2) is 6.92. The van der Waals surface area contributed by atoms with Gasteiger partial charge in [-0.05, 0) is 17.7 Å². The van der Waals surface area contributed by atoms with Gasteiger partial charge in [0.25, 0.3) is 5.91 Å². The standard InChI is InChI=1S/C21H17N3O3/c25-20(24-18(21(26)27)10-13-6-2-1-3-7-13)17-11-15-14-8-4-5-9-16(14)23-19(15)12-22-17/h1-9,11-12,18,23H,10H2,(H,24,25)(H,26,27). The van der Waals surface area contributed by atoms with Crippen LogP contribution < -0.4 is 5.32 Å². The Hall–Kier alpha value is -3.67. The van der Waals surface area contributed by atoms with Gasteiger partial charge in [0, 0.05) is 22.7 Å². The summed E-state index contributed by atoms with van der Waals surface area (Å²) in [4.78, 5) is 31.6. The third-order valence-electron chi connectivity index (χ3n) is 4.51. The molecule has 2 aromatic carbocycles. The molecule has 0 saturated heterocycles. The van der Waals surface area contributed by atoms with Crippen LogP contribution in [0.5, 0.6) is 0 Å². The second-order valence-corrected chi connectivity index (χ2v) is 6.34. The lowest BCUT2D eigenvalue weighted by molar-refractivity contribution is -0.139. The zero-order chi connectivity index (χ0) is 18.8. The van der Waals surface area contributed by atoms with Crippen molar-refractivity contribution < 1.29 is 14.7 Å². The average Bonchev–Trinajstić information content (AvgIpc) is 3.06. The summed E-state index contributed by atoms with van der Waals surface area (Å²) in [6, 6.07) is 17.6. The minimum absolute atomic E-state index is 0.187. The quantitative estimate of drug-likeness (QED) is 0.510. The Balaban J connectivity index is 1.61. The number of carbonyl (C=O) groups excluding carboxylic acids is 1. The maximum atomic E-state index is 12.6. The van der Waals surface area contributed by atoms with Crippen molar-refractivity contribution in [3.63, 3.8) is 0 Å². The molecule has 27 heavy (non-hydrogen) atoms. The molecule has 1 unspecified atom stereocenters. The molecule has 134 valence electrons. The van der Waals surface area contributed by atoms with Gasteiger partial charge in [-0.1, -0.05) is 48.5 Å². The number of para-hydroxylation sites is 1.